The molecule has 0 radical (unpaired) electrons. The van der Waals surface area contributed by atoms with Crippen LogP contribution in [0.1, 0.15) is 52.8 Å². The molecular formula is C18H26N2O4. The molecule has 1 amide bonds. The second kappa shape index (κ2) is 8.68. The third-order valence-electron chi connectivity index (χ3n) is 4.56. The number of nitrogen functional groups attached to an aromatic ring is 1. The van der Waals surface area contributed by atoms with Crippen LogP contribution in [0.4, 0.5) is 5.69 Å². The van der Waals surface area contributed by atoms with Crippen LogP contribution in [-0.2, 0) is 4.74 Å². The number of hydrogen-bond donors (Lipinski definition) is 2. The number of nitrogens with zero attached hydrogens (tertiary/aromatic N) is 1. The van der Waals surface area contributed by atoms with Gasteiger partial charge < -0.3 is 20.5 Å². The lowest BCUT2D eigenvalue weighted by atomic mass is 9.88. The lowest BCUT2D eigenvalue weighted by Crippen LogP contribution is -2.39. The minimum absolute atomic E-state index is 0.0136. The van der Waals surface area contributed by atoms with Gasteiger partial charge in [-0.2, -0.15) is 0 Å². The summed E-state index contributed by atoms with van der Waals surface area (Å²) in [5, 5.41) is 9.35. The number of carbonyl (C=O) groups excluding carboxylic acids is 1. The molecule has 0 aromatic heterocycles. The number of methoxy groups -OCH3 is 1. The maximum Gasteiger partial charge on any atom is 0.336 e. The zero-order valence-electron chi connectivity index (χ0n) is 14.2. The van der Waals surface area contributed by atoms with E-state index in [1.54, 1.807) is 12.0 Å². The topological polar surface area (TPSA) is 92.9 Å². The fourth-order valence-corrected chi connectivity index (χ4v) is 3.25. The molecule has 0 spiro atoms. The second-order valence-electron chi connectivity index (χ2n) is 6.36. The smallest absolute Gasteiger partial charge is 0.336 e. The van der Waals surface area contributed by atoms with E-state index in [9.17, 15) is 14.7 Å². The van der Waals surface area contributed by atoms with E-state index in [0.29, 0.717) is 31.3 Å². The van der Waals surface area contributed by atoms with Crippen LogP contribution in [0, 0.1) is 5.92 Å². The molecule has 0 aliphatic heterocycles. The molecule has 24 heavy (non-hydrogen) atoms. The first-order valence-electron chi connectivity index (χ1n) is 8.44. The fourth-order valence-electron chi connectivity index (χ4n) is 3.25. The van der Waals surface area contributed by atoms with Crippen molar-refractivity contribution in [3.8, 4) is 0 Å². The first kappa shape index (κ1) is 18.3. The molecule has 1 aliphatic carbocycles. The van der Waals surface area contributed by atoms with Crippen molar-refractivity contribution >= 4 is 17.6 Å². The van der Waals surface area contributed by atoms with E-state index in [1.165, 1.54) is 37.5 Å². The predicted molar refractivity (Wildman–Crippen MR) is 92.2 cm³/mol. The standard InChI is InChI=1S/C18H26N2O4/c1-24-10-9-20(12-13-5-3-2-4-6-13)17(21)16-11-14(19)7-8-15(16)18(22)23/h7-8,11,13H,2-6,9-10,12,19H2,1H3,(H,22,23). The maximum atomic E-state index is 13.0. The van der Waals surface area contributed by atoms with Crippen molar-refractivity contribution in [2.45, 2.75) is 32.1 Å². The van der Waals surface area contributed by atoms with Gasteiger partial charge in [0.2, 0.25) is 0 Å². The number of benzene rings is 1. The number of hydrogen-bond acceptors (Lipinski definition) is 4. The Hall–Kier alpha value is -2.08. The molecule has 132 valence electrons. The van der Waals surface area contributed by atoms with Gasteiger partial charge in [-0.1, -0.05) is 19.3 Å². The summed E-state index contributed by atoms with van der Waals surface area (Å²) in [4.78, 5) is 26.1. The molecule has 6 heteroatoms. The van der Waals surface area contributed by atoms with Gasteiger partial charge in [-0.15, -0.1) is 0 Å². The minimum atomic E-state index is -1.12. The lowest BCUT2D eigenvalue weighted by Gasteiger charge is -2.30. The minimum Gasteiger partial charge on any atom is -0.478 e. The van der Waals surface area contributed by atoms with Gasteiger partial charge in [-0.05, 0) is 37.0 Å². The van der Waals surface area contributed by atoms with Gasteiger partial charge in [-0.25, -0.2) is 4.79 Å². The van der Waals surface area contributed by atoms with E-state index in [0.717, 1.165) is 12.8 Å². The molecule has 1 aromatic carbocycles. The SMILES string of the molecule is COCCN(CC1CCCCC1)C(=O)c1cc(N)ccc1C(=O)O. The fraction of sp³-hybridized carbons (Fsp3) is 0.556. The number of anilines is 1. The number of amides is 1. The molecule has 0 unspecified atom stereocenters. The Balaban J connectivity index is 2.22. The second-order valence-corrected chi connectivity index (χ2v) is 6.36. The van der Waals surface area contributed by atoms with E-state index in [4.69, 9.17) is 10.5 Å². The Morgan fingerprint density at radius 3 is 2.58 bits per heavy atom. The van der Waals surface area contributed by atoms with E-state index < -0.39 is 5.97 Å². The number of carboxylic acid groups (broad SMARTS) is 1. The number of aromatic carboxylic acids is 1. The van der Waals surface area contributed by atoms with Crippen molar-refractivity contribution in [2.75, 3.05) is 32.5 Å². The van der Waals surface area contributed by atoms with Gasteiger partial charge in [0.1, 0.15) is 0 Å². The molecule has 0 saturated heterocycles. The highest BCUT2D eigenvalue weighted by Crippen LogP contribution is 2.25. The highest BCUT2D eigenvalue weighted by atomic mass is 16.5. The Morgan fingerprint density at radius 2 is 1.96 bits per heavy atom. The van der Waals surface area contributed by atoms with Crippen LogP contribution in [-0.4, -0.2) is 48.7 Å². The largest absolute Gasteiger partial charge is 0.478 e. The monoisotopic (exact) mass is 334 g/mol. The molecule has 0 bridgehead atoms. The van der Waals surface area contributed by atoms with Crippen molar-refractivity contribution in [1.82, 2.24) is 4.90 Å². The summed E-state index contributed by atoms with van der Waals surface area (Å²) in [6.07, 6.45) is 5.85. The summed E-state index contributed by atoms with van der Waals surface area (Å²) in [6, 6.07) is 4.34. The summed E-state index contributed by atoms with van der Waals surface area (Å²) in [6.45, 7) is 1.50. The summed E-state index contributed by atoms with van der Waals surface area (Å²) >= 11 is 0. The van der Waals surface area contributed by atoms with Gasteiger partial charge in [0.05, 0.1) is 17.7 Å². The third-order valence-corrected chi connectivity index (χ3v) is 4.56. The number of carboxylic acids is 1. The van der Waals surface area contributed by atoms with Gasteiger partial charge in [0.15, 0.2) is 0 Å². The summed E-state index contributed by atoms with van der Waals surface area (Å²) in [5.74, 6) is -0.945. The van der Waals surface area contributed by atoms with Crippen molar-refractivity contribution in [3.05, 3.63) is 29.3 Å². The van der Waals surface area contributed by atoms with Crippen LogP contribution in [0.2, 0.25) is 0 Å². The van der Waals surface area contributed by atoms with Crippen LogP contribution in [0.5, 0.6) is 0 Å². The highest BCUT2D eigenvalue weighted by molar-refractivity contribution is 6.05. The van der Waals surface area contributed by atoms with Crippen LogP contribution in [0.15, 0.2) is 18.2 Å². The van der Waals surface area contributed by atoms with Gasteiger partial charge in [0.25, 0.3) is 5.91 Å². The first-order chi connectivity index (χ1) is 11.5. The predicted octanol–water partition coefficient (Wildman–Crippen LogP) is 2.64. The molecule has 1 saturated carbocycles. The van der Waals surface area contributed by atoms with Gasteiger partial charge >= 0.3 is 5.97 Å². The summed E-state index contributed by atoms with van der Waals surface area (Å²) in [7, 11) is 1.59. The van der Waals surface area contributed by atoms with E-state index in [-0.39, 0.29) is 17.0 Å². The molecule has 6 nitrogen and oxygen atoms in total. The summed E-state index contributed by atoms with van der Waals surface area (Å²) in [5.41, 5.74) is 6.28. The first-order valence-corrected chi connectivity index (χ1v) is 8.44. The molecule has 0 atom stereocenters. The number of nitrogens with two attached hydrogens (primary N) is 1. The molecule has 1 aromatic rings. The van der Waals surface area contributed by atoms with Crippen LogP contribution < -0.4 is 5.73 Å². The molecule has 0 heterocycles. The zero-order valence-corrected chi connectivity index (χ0v) is 14.2. The van der Waals surface area contributed by atoms with E-state index in [1.807, 2.05) is 0 Å². The zero-order chi connectivity index (χ0) is 17.5. The molecule has 2 rings (SSSR count). The molecule has 3 N–H and O–H groups in total. The van der Waals surface area contributed by atoms with Crippen molar-refractivity contribution in [2.24, 2.45) is 5.92 Å². The molecule has 1 fully saturated rings. The highest BCUT2D eigenvalue weighted by Gasteiger charge is 2.25. The Labute approximate surface area is 142 Å². The summed E-state index contributed by atoms with van der Waals surface area (Å²) < 4.78 is 5.11. The van der Waals surface area contributed by atoms with E-state index >= 15 is 0 Å². The van der Waals surface area contributed by atoms with Gasteiger partial charge in [0, 0.05) is 25.9 Å². The van der Waals surface area contributed by atoms with Crippen molar-refractivity contribution < 1.29 is 19.4 Å². The average molecular weight is 334 g/mol. The van der Waals surface area contributed by atoms with Gasteiger partial charge in [-0.3, -0.25) is 4.79 Å². The normalized spacial score (nSPS) is 15.2. The van der Waals surface area contributed by atoms with Crippen LogP contribution in [0.3, 0.4) is 0 Å². The third kappa shape index (κ3) is 4.71. The average Bonchev–Trinajstić information content (AvgIpc) is 2.58. The Kier molecular flexibility index (Phi) is 6.61. The van der Waals surface area contributed by atoms with Crippen molar-refractivity contribution in [1.29, 1.82) is 0 Å². The van der Waals surface area contributed by atoms with Crippen LogP contribution in [0.25, 0.3) is 0 Å². The molecule has 1 aliphatic rings. The van der Waals surface area contributed by atoms with Crippen LogP contribution >= 0.6 is 0 Å². The molecular weight excluding hydrogens is 308 g/mol. The number of rotatable bonds is 7. The lowest BCUT2D eigenvalue weighted by molar-refractivity contribution is 0.0624. The number of carbonyl (C=O) groups is 2. The Bertz CT molecular complexity index is 582. The number of ether oxygens (including phenoxy) is 1. The van der Waals surface area contributed by atoms with Crippen molar-refractivity contribution in [3.63, 3.8) is 0 Å². The maximum absolute atomic E-state index is 13.0. The van der Waals surface area contributed by atoms with E-state index in [2.05, 4.69) is 0 Å². The Morgan fingerprint density at radius 1 is 1.25 bits per heavy atom. The quantitative estimate of drug-likeness (QED) is 0.748.